The van der Waals surface area contributed by atoms with E-state index in [2.05, 4.69) is 55.6 Å². The monoisotopic (exact) mass is 1280 g/mol. The summed E-state index contributed by atoms with van der Waals surface area (Å²) in [5.41, 5.74) is 0. The van der Waals surface area contributed by atoms with Crippen LogP contribution in [0.5, 0.6) is 0 Å². The molecule has 0 bridgehead atoms. The van der Waals surface area contributed by atoms with Crippen LogP contribution in [-0.2, 0) is 14.3 Å². The Bertz CT molecular complexity index is 1520. The van der Waals surface area contributed by atoms with Crippen molar-refractivity contribution in [1.29, 1.82) is 0 Å². The van der Waals surface area contributed by atoms with Crippen molar-refractivity contribution in [2.24, 2.45) is 0 Å². The molecule has 0 rings (SSSR count). The van der Waals surface area contributed by atoms with Gasteiger partial charge in [-0.05, 0) is 83.5 Å². The van der Waals surface area contributed by atoms with Crippen LogP contribution in [0.4, 0.5) is 0 Å². The molecule has 0 aromatic carbocycles. The Labute approximate surface area is 569 Å². The maximum Gasteiger partial charge on any atom is 0.305 e. The van der Waals surface area contributed by atoms with Crippen molar-refractivity contribution < 1.29 is 24.5 Å². The lowest BCUT2D eigenvalue weighted by Crippen LogP contribution is -2.45. The van der Waals surface area contributed by atoms with Gasteiger partial charge in [0.25, 0.3) is 0 Å². The highest BCUT2D eigenvalue weighted by atomic mass is 16.5. The first-order valence-electron chi connectivity index (χ1n) is 41.4. The van der Waals surface area contributed by atoms with Crippen LogP contribution in [0.1, 0.15) is 457 Å². The number of hydrogen-bond donors (Lipinski definition) is 3. The molecule has 0 fully saturated rings. The maximum absolute atomic E-state index is 12.6. The smallest absolute Gasteiger partial charge is 0.305 e. The Balaban J connectivity index is 3.35. The lowest BCUT2D eigenvalue weighted by molar-refractivity contribution is -0.143. The molecule has 91 heavy (non-hydrogen) atoms. The molecule has 0 aliphatic carbocycles. The molecule has 0 spiro atoms. The first-order chi connectivity index (χ1) is 45.0. The Hall–Kier alpha value is -2.18. The second-order valence-corrected chi connectivity index (χ2v) is 28.4. The van der Waals surface area contributed by atoms with Crippen LogP contribution >= 0.6 is 0 Å². The normalized spacial score (nSPS) is 12.7. The van der Waals surface area contributed by atoms with Gasteiger partial charge in [-0.25, -0.2) is 0 Å². The number of ether oxygens (including phenoxy) is 1. The maximum atomic E-state index is 12.6. The van der Waals surface area contributed by atoms with Gasteiger partial charge in [0.05, 0.1) is 25.4 Å². The second-order valence-electron chi connectivity index (χ2n) is 28.4. The van der Waals surface area contributed by atoms with E-state index >= 15 is 0 Å². The summed E-state index contributed by atoms with van der Waals surface area (Å²) in [5, 5.41) is 23.3. The summed E-state index contributed by atoms with van der Waals surface area (Å²) in [4.78, 5) is 24.6. The number of aliphatic hydroxyl groups is 2. The highest BCUT2D eigenvalue weighted by molar-refractivity contribution is 5.76. The highest BCUT2D eigenvalue weighted by Gasteiger charge is 2.18. The van der Waals surface area contributed by atoms with Gasteiger partial charge in [-0.2, -0.15) is 0 Å². The summed E-state index contributed by atoms with van der Waals surface area (Å²) in [6.45, 7) is 4.88. The van der Waals surface area contributed by atoms with Crippen molar-refractivity contribution in [3.63, 3.8) is 0 Å². The lowest BCUT2D eigenvalue weighted by atomic mass is 10.0. The minimum atomic E-state index is -0.843. The van der Waals surface area contributed by atoms with E-state index in [1.807, 2.05) is 6.08 Å². The van der Waals surface area contributed by atoms with E-state index in [0.29, 0.717) is 19.4 Å². The van der Waals surface area contributed by atoms with Crippen LogP contribution in [0.15, 0.2) is 48.6 Å². The minimum Gasteiger partial charge on any atom is -0.466 e. The Morgan fingerprint density at radius 3 is 0.890 bits per heavy atom. The van der Waals surface area contributed by atoms with Crippen molar-refractivity contribution in [2.75, 3.05) is 13.2 Å². The van der Waals surface area contributed by atoms with E-state index in [1.165, 1.54) is 379 Å². The largest absolute Gasteiger partial charge is 0.466 e. The summed E-state index contributed by atoms with van der Waals surface area (Å²) in [5.74, 6) is -0.0517. The predicted molar refractivity (Wildman–Crippen MR) is 402 cm³/mol. The van der Waals surface area contributed by atoms with Crippen LogP contribution < -0.4 is 5.32 Å². The van der Waals surface area contributed by atoms with Gasteiger partial charge in [-0.3, -0.25) is 9.59 Å². The van der Waals surface area contributed by atoms with Crippen molar-refractivity contribution in [3.8, 4) is 0 Å². The van der Waals surface area contributed by atoms with Gasteiger partial charge < -0.3 is 20.3 Å². The van der Waals surface area contributed by atoms with Gasteiger partial charge >= 0.3 is 5.97 Å². The van der Waals surface area contributed by atoms with E-state index in [4.69, 9.17) is 4.74 Å². The Morgan fingerprint density at radius 1 is 0.308 bits per heavy atom. The van der Waals surface area contributed by atoms with Gasteiger partial charge in [0.1, 0.15) is 0 Å². The number of nitrogens with one attached hydrogen (secondary N) is 1. The van der Waals surface area contributed by atoms with Gasteiger partial charge in [0, 0.05) is 12.8 Å². The molecule has 6 heteroatoms. The Kier molecular flexibility index (Phi) is 78.3. The van der Waals surface area contributed by atoms with Crippen LogP contribution in [0.25, 0.3) is 0 Å². The van der Waals surface area contributed by atoms with Gasteiger partial charge in [-0.15, -0.1) is 0 Å². The predicted octanol–water partition coefficient (Wildman–Crippen LogP) is 27.5. The summed E-state index contributed by atoms with van der Waals surface area (Å²) in [6, 6.07) is -0.626. The van der Waals surface area contributed by atoms with Crippen molar-refractivity contribution in [3.05, 3.63) is 48.6 Å². The number of esters is 1. The molecule has 0 heterocycles. The van der Waals surface area contributed by atoms with E-state index < -0.39 is 12.1 Å². The second kappa shape index (κ2) is 80.3. The third-order valence-electron chi connectivity index (χ3n) is 19.3. The number of rotatable bonds is 78. The molecule has 0 aromatic heterocycles. The molecule has 0 aromatic rings. The van der Waals surface area contributed by atoms with Crippen LogP contribution in [-0.4, -0.2) is 47.4 Å². The molecule has 2 atom stereocenters. The SMILES string of the molecule is CCC/C=C\C/C=C\CCCCCCCC(=O)OCCCCCCCCCCCCCCCCCCCC/C=C\CCCCCCCCCCCCCCCCCCCC(=O)NC(CO)C(O)/C=C/CCCCCCCCCCCCCCCCCCCCCC. The highest BCUT2D eigenvalue weighted by Crippen LogP contribution is 2.20. The number of unbranched alkanes of at least 4 members (excludes halogenated alkanes) is 61. The summed E-state index contributed by atoms with van der Waals surface area (Å²) < 4.78 is 5.48. The molecular formula is C85H161NO5. The van der Waals surface area contributed by atoms with E-state index in [9.17, 15) is 19.8 Å². The van der Waals surface area contributed by atoms with Crippen LogP contribution in [0.3, 0.4) is 0 Å². The Morgan fingerprint density at radius 2 is 0.571 bits per heavy atom. The zero-order chi connectivity index (χ0) is 65.6. The molecule has 0 saturated carbocycles. The molecular weight excluding hydrogens is 1110 g/mol. The molecule has 536 valence electrons. The van der Waals surface area contributed by atoms with Gasteiger partial charge in [0.15, 0.2) is 0 Å². The number of aliphatic hydroxyl groups excluding tert-OH is 2. The minimum absolute atomic E-state index is 0.00724. The first kappa shape index (κ1) is 88.8. The fraction of sp³-hybridized carbons (Fsp3) is 0.882. The van der Waals surface area contributed by atoms with Crippen molar-refractivity contribution in [1.82, 2.24) is 5.32 Å². The third kappa shape index (κ3) is 76.7. The van der Waals surface area contributed by atoms with E-state index in [1.54, 1.807) is 6.08 Å². The third-order valence-corrected chi connectivity index (χ3v) is 19.3. The fourth-order valence-corrected chi connectivity index (χ4v) is 13.0. The van der Waals surface area contributed by atoms with Gasteiger partial charge in [-0.1, -0.05) is 409 Å². The zero-order valence-electron chi connectivity index (χ0n) is 61.6. The molecule has 3 N–H and O–H groups in total. The fourth-order valence-electron chi connectivity index (χ4n) is 13.0. The lowest BCUT2D eigenvalue weighted by Gasteiger charge is -2.20. The van der Waals surface area contributed by atoms with Crippen LogP contribution in [0, 0.1) is 0 Å². The molecule has 6 nitrogen and oxygen atoms in total. The van der Waals surface area contributed by atoms with Gasteiger partial charge in [0.2, 0.25) is 5.91 Å². The topological polar surface area (TPSA) is 95.9 Å². The molecule has 0 aliphatic heterocycles. The van der Waals surface area contributed by atoms with E-state index in [0.717, 1.165) is 51.4 Å². The summed E-state index contributed by atoms with van der Waals surface area (Å²) in [6.07, 6.45) is 107. The molecule has 0 radical (unpaired) electrons. The molecule has 2 unspecified atom stereocenters. The number of carbonyl (C=O) groups is 2. The number of carbonyl (C=O) groups excluding carboxylic acids is 2. The van der Waals surface area contributed by atoms with Crippen LogP contribution in [0.2, 0.25) is 0 Å². The number of amides is 1. The number of hydrogen-bond acceptors (Lipinski definition) is 5. The van der Waals surface area contributed by atoms with Crippen molar-refractivity contribution >= 4 is 11.9 Å². The summed E-state index contributed by atoms with van der Waals surface area (Å²) in [7, 11) is 0. The molecule has 0 aliphatic rings. The average molecular weight is 1280 g/mol. The first-order valence-corrected chi connectivity index (χ1v) is 41.4. The zero-order valence-corrected chi connectivity index (χ0v) is 61.6. The van der Waals surface area contributed by atoms with E-state index in [-0.39, 0.29) is 18.5 Å². The standard InChI is InChI=1S/C85H161NO5/c1-3-5-7-9-11-13-15-17-18-19-20-21-41-44-47-50-54-57-61-65-69-73-77-83(88)82(81-87)86-84(89)78-74-70-66-62-58-55-51-48-45-42-39-37-35-33-31-29-27-25-23-22-24-26-28-30-32-34-36-38-40-43-46-49-52-56-60-64-68-72-76-80-91-85(90)79-75-71-67-63-59-53-16-14-12-10-8-6-4-2/h8,10,14,16,22-23,73,77,82-83,87-88H,3-7,9,11-13,15,17-21,24-72,74-76,78-81H2,1-2H3,(H,86,89)/b10-8-,16-14-,23-22-,77-73+. The number of allylic oxidation sites excluding steroid dienone is 7. The molecule has 1 amide bonds. The molecule has 0 saturated heterocycles. The summed E-state index contributed by atoms with van der Waals surface area (Å²) >= 11 is 0. The quantitative estimate of drug-likeness (QED) is 0.0320. The van der Waals surface area contributed by atoms with Crippen molar-refractivity contribution in [2.45, 2.75) is 469 Å². The average Bonchev–Trinajstić information content (AvgIpc) is 3.70.